The van der Waals surface area contributed by atoms with Gasteiger partial charge in [-0.05, 0) is 54.4 Å². The maximum Gasteiger partial charge on any atom is 0.123 e. The summed E-state index contributed by atoms with van der Waals surface area (Å²) in [5.41, 5.74) is 3.47. The molecule has 0 saturated carbocycles. The van der Waals surface area contributed by atoms with Crippen molar-refractivity contribution in [3.63, 3.8) is 0 Å². The number of nitrogens with zero attached hydrogens (tertiary/aromatic N) is 2. The summed E-state index contributed by atoms with van der Waals surface area (Å²) in [5.74, 6) is 1.68. The molecule has 4 rings (SSSR count). The van der Waals surface area contributed by atoms with E-state index < -0.39 is 0 Å². The van der Waals surface area contributed by atoms with E-state index in [9.17, 15) is 0 Å². The fourth-order valence-electron chi connectivity index (χ4n) is 4.10. The summed E-state index contributed by atoms with van der Waals surface area (Å²) in [6, 6.07) is 16.2. The van der Waals surface area contributed by atoms with Gasteiger partial charge in [0.05, 0.1) is 30.3 Å². The van der Waals surface area contributed by atoms with E-state index in [4.69, 9.17) is 32.7 Å². The molecule has 0 amide bonds. The number of halogens is 2. The molecule has 1 aliphatic heterocycles. The van der Waals surface area contributed by atoms with Gasteiger partial charge in [0.25, 0.3) is 0 Å². The van der Waals surface area contributed by atoms with Crippen LogP contribution >= 0.6 is 23.2 Å². The third-order valence-corrected chi connectivity index (χ3v) is 6.21. The lowest BCUT2D eigenvalue weighted by Crippen LogP contribution is -2.29. The Kier molecular flexibility index (Phi) is 6.04. The van der Waals surface area contributed by atoms with Crippen LogP contribution in [0.3, 0.4) is 0 Å². The second-order valence-corrected chi connectivity index (χ2v) is 8.02. The van der Waals surface area contributed by atoms with Gasteiger partial charge in [0.2, 0.25) is 0 Å². The molecule has 152 valence electrons. The minimum atomic E-state index is 0.0678. The van der Waals surface area contributed by atoms with Crippen molar-refractivity contribution in [3.8, 4) is 11.5 Å². The molecule has 29 heavy (non-hydrogen) atoms. The van der Waals surface area contributed by atoms with Crippen molar-refractivity contribution >= 4 is 23.2 Å². The van der Waals surface area contributed by atoms with Crippen molar-refractivity contribution in [2.45, 2.75) is 25.6 Å². The predicted octanol–water partition coefficient (Wildman–Crippen LogP) is 5.81. The number of aromatic nitrogens is 1. The Morgan fingerprint density at radius 2 is 1.83 bits per heavy atom. The number of benzene rings is 2. The Morgan fingerprint density at radius 1 is 0.966 bits per heavy atom. The van der Waals surface area contributed by atoms with Crippen molar-refractivity contribution in [2.75, 3.05) is 20.8 Å². The van der Waals surface area contributed by atoms with Crippen molar-refractivity contribution in [1.82, 2.24) is 9.47 Å². The fourth-order valence-corrected chi connectivity index (χ4v) is 4.40. The molecule has 0 bridgehead atoms. The van der Waals surface area contributed by atoms with E-state index in [0.717, 1.165) is 48.7 Å². The van der Waals surface area contributed by atoms with Crippen LogP contribution in [0.15, 0.2) is 54.7 Å². The molecule has 0 saturated heterocycles. The van der Waals surface area contributed by atoms with Crippen molar-refractivity contribution < 1.29 is 9.47 Å². The van der Waals surface area contributed by atoms with Crippen LogP contribution in [0.25, 0.3) is 0 Å². The summed E-state index contributed by atoms with van der Waals surface area (Å²) in [4.78, 5) is 2.47. The SMILES string of the molecule is COc1ccc(OC)c(CN2CCCn3cccc3C2c2ccc(Cl)c(Cl)c2)c1. The number of fused-ring (bicyclic) bond motifs is 1. The molecule has 2 aromatic carbocycles. The van der Waals surface area contributed by atoms with Gasteiger partial charge >= 0.3 is 0 Å². The van der Waals surface area contributed by atoms with E-state index in [-0.39, 0.29) is 6.04 Å². The van der Waals surface area contributed by atoms with E-state index in [0.29, 0.717) is 10.0 Å². The zero-order valence-corrected chi connectivity index (χ0v) is 18.1. The first-order valence-electron chi connectivity index (χ1n) is 9.65. The van der Waals surface area contributed by atoms with E-state index in [2.05, 4.69) is 39.9 Å². The lowest BCUT2D eigenvalue weighted by molar-refractivity contribution is 0.217. The first-order chi connectivity index (χ1) is 14.1. The lowest BCUT2D eigenvalue weighted by Gasteiger charge is -2.31. The highest BCUT2D eigenvalue weighted by atomic mass is 35.5. The van der Waals surface area contributed by atoms with Gasteiger partial charge in [0, 0.05) is 37.1 Å². The topological polar surface area (TPSA) is 26.6 Å². The maximum absolute atomic E-state index is 6.38. The molecule has 4 nitrogen and oxygen atoms in total. The van der Waals surface area contributed by atoms with Crippen LogP contribution in [0.5, 0.6) is 11.5 Å². The van der Waals surface area contributed by atoms with Gasteiger partial charge in [-0.1, -0.05) is 29.3 Å². The Morgan fingerprint density at radius 3 is 2.59 bits per heavy atom. The average molecular weight is 431 g/mol. The molecule has 0 N–H and O–H groups in total. The molecule has 1 aromatic heterocycles. The smallest absolute Gasteiger partial charge is 0.123 e. The van der Waals surface area contributed by atoms with Gasteiger partial charge in [-0.3, -0.25) is 4.90 Å². The summed E-state index contributed by atoms with van der Waals surface area (Å²) in [7, 11) is 3.39. The monoisotopic (exact) mass is 430 g/mol. The highest BCUT2D eigenvalue weighted by Gasteiger charge is 2.28. The van der Waals surface area contributed by atoms with Gasteiger partial charge < -0.3 is 14.0 Å². The summed E-state index contributed by atoms with van der Waals surface area (Å²) in [5, 5.41) is 1.14. The minimum absolute atomic E-state index is 0.0678. The van der Waals surface area contributed by atoms with Crippen LogP contribution < -0.4 is 9.47 Å². The molecule has 0 fully saturated rings. The van der Waals surface area contributed by atoms with Crippen LogP contribution in [-0.4, -0.2) is 30.2 Å². The van der Waals surface area contributed by atoms with Crippen LogP contribution in [0, 0.1) is 0 Å². The van der Waals surface area contributed by atoms with E-state index in [1.807, 2.05) is 24.3 Å². The third kappa shape index (κ3) is 4.11. The third-order valence-electron chi connectivity index (χ3n) is 5.47. The fraction of sp³-hybridized carbons (Fsp3) is 0.304. The van der Waals surface area contributed by atoms with Gasteiger partial charge in [0.15, 0.2) is 0 Å². The highest BCUT2D eigenvalue weighted by molar-refractivity contribution is 6.42. The maximum atomic E-state index is 6.38. The number of aryl methyl sites for hydroxylation is 1. The lowest BCUT2D eigenvalue weighted by atomic mass is 10.0. The summed E-state index contributed by atoms with van der Waals surface area (Å²) in [6.07, 6.45) is 3.21. The zero-order valence-electron chi connectivity index (χ0n) is 16.6. The molecule has 1 unspecified atom stereocenters. The standard InChI is InChI=1S/C23H24Cl2N2O2/c1-28-18-7-9-22(29-2)17(13-18)15-27-12-4-11-26-10-3-5-21(26)23(27)16-6-8-19(24)20(25)14-16/h3,5-10,13-14,23H,4,11-12,15H2,1-2H3. The molecular weight excluding hydrogens is 407 g/mol. The number of ether oxygens (including phenoxy) is 2. The van der Waals surface area contributed by atoms with Crippen LogP contribution in [0.2, 0.25) is 10.0 Å². The highest BCUT2D eigenvalue weighted by Crippen LogP contribution is 2.37. The summed E-state index contributed by atoms with van der Waals surface area (Å²) < 4.78 is 13.4. The van der Waals surface area contributed by atoms with Crippen molar-refractivity contribution in [2.24, 2.45) is 0 Å². The molecular formula is C23H24Cl2N2O2. The van der Waals surface area contributed by atoms with E-state index in [1.54, 1.807) is 14.2 Å². The minimum Gasteiger partial charge on any atom is -0.497 e. The van der Waals surface area contributed by atoms with Gasteiger partial charge in [-0.25, -0.2) is 0 Å². The number of hydrogen-bond acceptors (Lipinski definition) is 3. The normalized spacial score (nSPS) is 16.9. The van der Waals surface area contributed by atoms with E-state index in [1.165, 1.54) is 5.69 Å². The zero-order chi connectivity index (χ0) is 20.4. The number of methoxy groups -OCH3 is 2. The predicted molar refractivity (Wildman–Crippen MR) is 117 cm³/mol. The molecule has 2 heterocycles. The Bertz CT molecular complexity index is 1000. The molecule has 6 heteroatoms. The van der Waals surface area contributed by atoms with Crippen molar-refractivity contribution in [1.29, 1.82) is 0 Å². The Balaban J connectivity index is 1.77. The van der Waals surface area contributed by atoms with E-state index >= 15 is 0 Å². The van der Waals surface area contributed by atoms with Crippen LogP contribution in [0.4, 0.5) is 0 Å². The Hall–Kier alpha value is -2.14. The summed E-state index contributed by atoms with van der Waals surface area (Å²) >= 11 is 12.6. The van der Waals surface area contributed by atoms with Crippen molar-refractivity contribution in [3.05, 3.63) is 81.6 Å². The molecule has 1 aliphatic rings. The summed E-state index contributed by atoms with van der Waals surface area (Å²) in [6.45, 7) is 2.68. The van der Waals surface area contributed by atoms with Gasteiger partial charge in [0.1, 0.15) is 11.5 Å². The van der Waals surface area contributed by atoms with Crippen LogP contribution in [0.1, 0.15) is 29.3 Å². The number of hydrogen-bond donors (Lipinski definition) is 0. The molecule has 3 aromatic rings. The average Bonchev–Trinajstić information content (AvgIpc) is 3.11. The molecule has 0 spiro atoms. The first kappa shape index (κ1) is 20.1. The molecule has 0 aliphatic carbocycles. The van der Waals surface area contributed by atoms with Gasteiger partial charge in [-0.2, -0.15) is 0 Å². The quantitative estimate of drug-likeness (QED) is 0.510. The van der Waals surface area contributed by atoms with Gasteiger partial charge in [-0.15, -0.1) is 0 Å². The first-order valence-corrected chi connectivity index (χ1v) is 10.4. The largest absolute Gasteiger partial charge is 0.497 e. The second kappa shape index (κ2) is 8.70. The second-order valence-electron chi connectivity index (χ2n) is 7.20. The van der Waals surface area contributed by atoms with Crippen LogP contribution in [-0.2, 0) is 13.1 Å². The molecule has 1 atom stereocenters. The molecule has 0 radical (unpaired) electrons. The Labute approximate surface area is 181 Å². The number of rotatable bonds is 5.